The molecule has 1 saturated heterocycles. The van der Waals surface area contributed by atoms with Crippen LogP contribution in [0.5, 0.6) is 0 Å². The lowest BCUT2D eigenvalue weighted by atomic mass is 10.00. The first-order valence-electron chi connectivity index (χ1n) is 10.4. The van der Waals surface area contributed by atoms with Crippen molar-refractivity contribution < 1.29 is 0 Å². The number of piperidine rings is 1. The van der Waals surface area contributed by atoms with E-state index in [0.717, 1.165) is 47.6 Å². The van der Waals surface area contributed by atoms with E-state index in [1.165, 1.54) is 24.1 Å². The van der Waals surface area contributed by atoms with Crippen LogP contribution in [0, 0.1) is 5.92 Å². The average molecular weight is 376 g/mol. The second kappa shape index (κ2) is 8.09. The molecule has 2 N–H and O–H groups in total. The summed E-state index contributed by atoms with van der Waals surface area (Å²) >= 11 is 0. The molecule has 4 rings (SSSR count). The number of pyridine rings is 1. The number of aromatic amines is 1. The summed E-state index contributed by atoms with van der Waals surface area (Å²) in [7, 11) is 0. The third kappa shape index (κ3) is 4.06. The van der Waals surface area contributed by atoms with E-state index in [2.05, 4.69) is 65.4 Å². The monoisotopic (exact) mass is 375 g/mol. The topological polar surface area (TPSA) is 48.1 Å². The third-order valence-corrected chi connectivity index (χ3v) is 5.77. The van der Waals surface area contributed by atoms with Gasteiger partial charge >= 0.3 is 0 Å². The molecule has 2 aromatic carbocycles. The van der Waals surface area contributed by atoms with Gasteiger partial charge in [-0.3, -0.25) is 4.79 Å². The number of nitrogens with one attached hydrogen (secondary N) is 2. The Morgan fingerprint density at radius 2 is 1.96 bits per heavy atom. The van der Waals surface area contributed by atoms with Crippen molar-refractivity contribution in [2.75, 3.05) is 23.3 Å². The summed E-state index contributed by atoms with van der Waals surface area (Å²) in [5, 5.41) is 4.48. The van der Waals surface area contributed by atoms with Crippen LogP contribution in [0.15, 0.2) is 53.3 Å². The summed E-state index contributed by atoms with van der Waals surface area (Å²) in [6.45, 7) is 7.26. The van der Waals surface area contributed by atoms with E-state index in [-0.39, 0.29) is 5.56 Å². The molecule has 1 aliphatic heterocycles. The van der Waals surface area contributed by atoms with Crippen molar-refractivity contribution >= 4 is 22.3 Å². The second-order valence-corrected chi connectivity index (χ2v) is 7.99. The lowest BCUT2D eigenvalue weighted by molar-refractivity contribution is 0.447. The first-order valence-corrected chi connectivity index (χ1v) is 10.4. The number of fused-ring (bicyclic) bond motifs is 1. The van der Waals surface area contributed by atoms with Gasteiger partial charge in [0.05, 0.1) is 0 Å². The smallest absolute Gasteiger partial charge is 0.253 e. The number of rotatable bonds is 5. The molecule has 1 aromatic heterocycles. The molecule has 28 heavy (non-hydrogen) atoms. The first kappa shape index (κ1) is 18.6. The standard InChI is InChI=1S/C24H29N3O/c1-3-18-6-11-23-19(13-18)14-20(24(28)26-23)15-25-21-7-9-22(10-8-21)27-12-4-5-17(2)16-27/h6-11,13-14,17,25H,3-5,12,15-16H2,1-2H3,(H,26,28)/t17-/m0/s1. The number of aryl methyl sites for hydroxylation is 1. The Bertz CT molecular complexity index is 1010. The molecule has 0 radical (unpaired) electrons. The molecule has 0 bridgehead atoms. The van der Waals surface area contributed by atoms with Gasteiger partial charge in [0.25, 0.3) is 5.56 Å². The van der Waals surface area contributed by atoms with E-state index in [0.29, 0.717) is 6.54 Å². The maximum atomic E-state index is 12.4. The first-order chi connectivity index (χ1) is 13.6. The van der Waals surface area contributed by atoms with E-state index in [1.807, 2.05) is 12.1 Å². The van der Waals surface area contributed by atoms with Gasteiger partial charge in [0, 0.05) is 42.1 Å². The molecule has 146 valence electrons. The SMILES string of the molecule is CCc1ccc2[nH]c(=O)c(CNc3ccc(N4CCC[C@H](C)C4)cc3)cc2c1. The highest BCUT2D eigenvalue weighted by molar-refractivity contribution is 5.79. The van der Waals surface area contributed by atoms with Crippen LogP contribution in [0.25, 0.3) is 10.9 Å². The van der Waals surface area contributed by atoms with Gasteiger partial charge in [-0.05, 0) is 78.6 Å². The van der Waals surface area contributed by atoms with Gasteiger partial charge in [-0.2, -0.15) is 0 Å². The second-order valence-electron chi connectivity index (χ2n) is 7.99. The Kier molecular flexibility index (Phi) is 5.38. The molecule has 0 spiro atoms. The molecular weight excluding hydrogens is 346 g/mol. The molecule has 3 aromatic rings. The van der Waals surface area contributed by atoms with Gasteiger partial charge in [-0.1, -0.05) is 19.9 Å². The summed E-state index contributed by atoms with van der Waals surface area (Å²) in [5.41, 5.74) is 5.23. The predicted molar refractivity (Wildman–Crippen MR) is 118 cm³/mol. The molecular formula is C24H29N3O. The van der Waals surface area contributed by atoms with Crippen LogP contribution >= 0.6 is 0 Å². The largest absolute Gasteiger partial charge is 0.381 e. The van der Waals surface area contributed by atoms with Crippen molar-refractivity contribution in [1.82, 2.24) is 4.98 Å². The number of hydrogen-bond donors (Lipinski definition) is 2. The fraction of sp³-hybridized carbons (Fsp3) is 0.375. The van der Waals surface area contributed by atoms with Gasteiger partial charge in [0.15, 0.2) is 0 Å². The van der Waals surface area contributed by atoms with E-state index < -0.39 is 0 Å². The molecule has 0 aliphatic carbocycles. The predicted octanol–water partition coefficient (Wildman–Crippen LogP) is 4.94. The summed E-state index contributed by atoms with van der Waals surface area (Å²) in [4.78, 5) is 17.9. The number of nitrogens with zero attached hydrogens (tertiary/aromatic N) is 1. The van der Waals surface area contributed by atoms with Crippen molar-refractivity contribution in [2.45, 2.75) is 39.7 Å². The lowest BCUT2D eigenvalue weighted by Crippen LogP contribution is -2.34. The molecule has 1 aliphatic rings. The molecule has 0 saturated carbocycles. The number of benzene rings is 2. The zero-order chi connectivity index (χ0) is 19.5. The van der Waals surface area contributed by atoms with Crippen LogP contribution in [0.1, 0.15) is 37.8 Å². The molecule has 4 heteroatoms. The molecule has 0 amide bonds. The number of aromatic nitrogens is 1. The van der Waals surface area contributed by atoms with Crippen molar-refractivity contribution in [3.8, 4) is 0 Å². The Labute approximate surface area is 166 Å². The van der Waals surface area contributed by atoms with Gasteiger partial charge in [-0.15, -0.1) is 0 Å². The maximum Gasteiger partial charge on any atom is 0.253 e. The minimum Gasteiger partial charge on any atom is -0.381 e. The van der Waals surface area contributed by atoms with E-state index in [4.69, 9.17) is 0 Å². The minimum atomic E-state index is -0.0248. The summed E-state index contributed by atoms with van der Waals surface area (Å²) in [6.07, 6.45) is 3.59. The molecule has 4 nitrogen and oxygen atoms in total. The number of hydrogen-bond acceptors (Lipinski definition) is 3. The highest BCUT2D eigenvalue weighted by Gasteiger charge is 2.16. The van der Waals surface area contributed by atoms with Crippen molar-refractivity contribution in [2.24, 2.45) is 5.92 Å². The van der Waals surface area contributed by atoms with Gasteiger partial charge < -0.3 is 15.2 Å². The molecule has 0 unspecified atom stereocenters. The third-order valence-electron chi connectivity index (χ3n) is 5.77. The number of H-pyrrole nitrogens is 1. The minimum absolute atomic E-state index is 0.0248. The van der Waals surface area contributed by atoms with Crippen LogP contribution in [-0.2, 0) is 13.0 Å². The molecule has 2 heterocycles. The normalized spacial score (nSPS) is 17.1. The fourth-order valence-electron chi connectivity index (χ4n) is 4.06. The van der Waals surface area contributed by atoms with Gasteiger partial charge in [0.2, 0.25) is 0 Å². The van der Waals surface area contributed by atoms with Crippen molar-refractivity contribution in [3.63, 3.8) is 0 Å². The maximum absolute atomic E-state index is 12.4. The Hall–Kier alpha value is -2.75. The quantitative estimate of drug-likeness (QED) is 0.664. The highest BCUT2D eigenvalue weighted by atomic mass is 16.1. The Morgan fingerprint density at radius 3 is 2.71 bits per heavy atom. The summed E-state index contributed by atoms with van der Waals surface area (Å²) in [5.74, 6) is 0.763. The van der Waals surface area contributed by atoms with E-state index in [9.17, 15) is 4.79 Å². The fourth-order valence-corrected chi connectivity index (χ4v) is 4.06. The van der Waals surface area contributed by atoms with Crippen molar-refractivity contribution in [3.05, 3.63) is 70.0 Å². The van der Waals surface area contributed by atoms with E-state index in [1.54, 1.807) is 0 Å². The summed E-state index contributed by atoms with van der Waals surface area (Å²) < 4.78 is 0. The molecule has 1 atom stereocenters. The Morgan fingerprint density at radius 1 is 1.14 bits per heavy atom. The lowest BCUT2D eigenvalue weighted by Gasteiger charge is -2.32. The van der Waals surface area contributed by atoms with Crippen molar-refractivity contribution in [1.29, 1.82) is 0 Å². The van der Waals surface area contributed by atoms with Crippen LogP contribution in [0.4, 0.5) is 11.4 Å². The average Bonchev–Trinajstić information content (AvgIpc) is 2.72. The van der Waals surface area contributed by atoms with E-state index >= 15 is 0 Å². The summed E-state index contributed by atoms with van der Waals surface area (Å²) in [6, 6.07) is 16.8. The van der Waals surface area contributed by atoms with Crippen LogP contribution < -0.4 is 15.8 Å². The zero-order valence-electron chi connectivity index (χ0n) is 16.8. The Balaban J connectivity index is 1.46. The van der Waals surface area contributed by atoms with Gasteiger partial charge in [0.1, 0.15) is 0 Å². The highest BCUT2D eigenvalue weighted by Crippen LogP contribution is 2.24. The van der Waals surface area contributed by atoms with Gasteiger partial charge in [-0.25, -0.2) is 0 Å². The van der Waals surface area contributed by atoms with Crippen LogP contribution in [0.2, 0.25) is 0 Å². The van der Waals surface area contributed by atoms with Crippen LogP contribution in [-0.4, -0.2) is 18.1 Å². The molecule has 1 fully saturated rings. The van der Waals surface area contributed by atoms with Crippen LogP contribution in [0.3, 0.4) is 0 Å². The zero-order valence-corrected chi connectivity index (χ0v) is 16.8. The number of anilines is 2.